The number of hydrogen-bond acceptors (Lipinski definition) is 3. The van der Waals surface area contributed by atoms with Crippen LogP contribution in [0.15, 0.2) is 0 Å². The van der Waals surface area contributed by atoms with E-state index >= 15 is 0 Å². The molecule has 0 aromatic rings. The van der Waals surface area contributed by atoms with E-state index in [1.165, 1.54) is 0 Å². The summed E-state index contributed by atoms with van der Waals surface area (Å²) in [6.07, 6.45) is 3.40. The van der Waals surface area contributed by atoms with E-state index in [2.05, 4.69) is 56.9 Å². The van der Waals surface area contributed by atoms with Gasteiger partial charge < -0.3 is 9.80 Å². The molecule has 0 aromatic heterocycles. The summed E-state index contributed by atoms with van der Waals surface area (Å²) in [6.45, 7) is 9.61. The second-order valence-corrected chi connectivity index (χ2v) is 6.38. The predicted molar refractivity (Wildman–Crippen MR) is 79.9 cm³/mol. The van der Waals surface area contributed by atoms with Gasteiger partial charge in [-0.2, -0.15) is 0 Å². The highest BCUT2D eigenvalue weighted by molar-refractivity contribution is 5.84. The lowest BCUT2D eigenvalue weighted by molar-refractivity contribution is -0.132. The normalized spacial score (nSPS) is 25.7. The molecule has 112 valence electrons. The summed E-state index contributed by atoms with van der Waals surface area (Å²) in [5.41, 5.74) is 0. The van der Waals surface area contributed by atoms with Crippen LogP contribution in [0, 0.1) is 5.92 Å². The first-order valence-corrected chi connectivity index (χ1v) is 7.61. The Labute approximate surface area is 118 Å². The van der Waals surface area contributed by atoms with Crippen LogP contribution < -0.4 is 5.32 Å². The molecule has 0 aliphatic carbocycles. The minimum Gasteiger partial charge on any atom is -0.323 e. The van der Waals surface area contributed by atoms with E-state index < -0.39 is 0 Å². The van der Waals surface area contributed by atoms with Gasteiger partial charge in [-0.15, -0.1) is 0 Å². The van der Waals surface area contributed by atoms with Gasteiger partial charge in [-0.25, -0.2) is 0 Å². The number of carbonyl (C=O) groups excluding carboxylic acids is 1. The smallest absolute Gasteiger partial charge is 0.241 e. The Morgan fingerprint density at radius 3 is 2.42 bits per heavy atom. The van der Waals surface area contributed by atoms with Crippen molar-refractivity contribution in [3.05, 3.63) is 0 Å². The summed E-state index contributed by atoms with van der Waals surface area (Å²) in [5, 5.41) is 3.52. The first-order chi connectivity index (χ1) is 8.88. The van der Waals surface area contributed by atoms with E-state index in [1.54, 1.807) is 0 Å². The molecule has 1 rings (SSSR count). The van der Waals surface area contributed by atoms with E-state index in [0.717, 1.165) is 25.8 Å². The Morgan fingerprint density at radius 2 is 1.95 bits per heavy atom. The number of amides is 1. The lowest BCUT2D eigenvalue weighted by Crippen LogP contribution is -2.44. The maximum Gasteiger partial charge on any atom is 0.241 e. The van der Waals surface area contributed by atoms with Crippen LogP contribution in [-0.4, -0.2) is 54.6 Å². The van der Waals surface area contributed by atoms with Gasteiger partial charge in [0, 0.05) is 6.04 Å². The average molecular weight is 269 g/mol. The number of hydrogen-bond donors (Lipinski definition) is 1. The van der Waals surface area contributed by atoms with Gasteiger partial charge in [0.1, 0.15) is 0 Å². The molecule has 3 atom stereocenters. The Balaban J connectivity index is 2.72. The van der Waals surface area contributed by atoms with Gasteiger partial charge >= 0.3 is 0 Å². The zero-order valence-electron chi connectivity index (χ0n) is 13.4. The van der Waals surface area contributed by atoms with E-state index in [9.17, 15) is 4.79 Å². The number of nitrogens with one attached hydrogen (secondary N) is 1. The summed E-state index contributed by atoms with van der Waals surface area (Å²) in [4.78, 5) is 16.8. The number of rotatable bonds is 7. The van der Waals surface area contributed by atoms with Crippen LogP contribution in [0.1, 0.15) is 47.0 Å². The molecule has 1 aliphatic rings. The maximum absolute atomic E-state index is 12.6. The van der Waals surface area contributed by atoms with E-state index in [1.807, 2.05) is 0 Å². The van der Waals surface area contributed by atoms with Crippen LogP contribution in [0.25, 0.3) is 0 Å². The molecule has 1 heterocycles. The molecule has 4 nitrogen and oxygen atoms in total. The van der Waals surface area contributed by atoms with Gasteiger partial charge in [-0.1, -0.05) is 27.2 Å². The zero-order valence-corrected chi connectivity index (χ0v) is 13.4. The largest absolute Gasteiger partial charge is 0.323 e. The summed E-state index contributed by atoms with van der Waals surface area (Å²) in [6, 6.07) is 0.307. The minimum atomic E-state index is -0.00152. The van der Waals surface area contributed by atoms with Gasteiger partial charge in [-0.3, -0.25) is 10.1 Å². The second-order valence-electron chi connectivity index (χ2n) is 6.38. The highest BCUT2D eigenvalue weighted by Crippen LogP contribution is 2.23. The molecular formula is C15H31N3O. The number of carbonyl (C=O) groups is 1. The molecule has 3 unspecified atom stereocenters. The first-order valence-electron chi connectivity index (χ1n) is 7.61. The Bertz CT molecular complexity index is 291. The topological polar surface area (TPSA) is 35.6 Å². The lowest BCUT2D eigenvalue weighted by Gasteiger charge is -2.31. The van der Waals surface area contributed by atoms with Crippen LogP contribution in [0.4, 0.5) is 0 Å². The molecule has 0 bridgehead atoms. The molecule has 1 aliphatic heterocycles. The molecule has 0 aromatic carbocycles. The summed E-state index contributed by atoms with van der Waals surface area (Å²) >= 11 is 0. The van der Waals surface area contributed by atoms with Crippen molar-refractivity contribution in [1.82, 2.24) is 15.1 Å². The first kappa shape index (κ1) is 16.4. The van der Waals surface area contributed by atoms with Crippen molar-refractivity contribution in [3.8, 4) is 0 Å². The van der Waals surface area contributed by atoms with Gasteiger partial charge in [0.15, 0.2) is 0 Å². The quantitative estimate of drug-likeness (QED) is 0.767. The van der Waals surface area contributed by atoms with Crippen molar-refractivity contribution >= 4 is 5.91 Å². The standard InChI is InChI=1S/C15H31N3O/c1-7-8-13-16-14(11(2)3)15(19)18(13)12(4)9-10-17(5)6/h11-14,16H,7-10H2,1-6H3. The summed E-state index contributed by atoms with van der Waals surface area (Å²) in [7, 11) is 4.16. The molecule has 19 heavy (non-hydrogen) atoms. The Hall–Kier alpha value is -0.610. The third-order valence-corrected chi connectivity index (χ3v) is 3.93. The fraction of sp³-hybridized carbons (Fsp3) is 0.933. The molecule has 1 N–H and O–H groups in total. The van der Waals surface area contributed by atoms with Crippen LogP contribution in [0.2, 0.25) is 0 Å². The fourth-order valence-electron chi connectivity index (χ4n) is 2.76. The Kier molecular flexibility index (Phi) is 6.27. The van der Waals surface area contributed by atoms with Crippen molar-refractivity contribution in [2.75, 3.05) is 20.6 Å². The van der Waals surface area contributed by atoms with Crippen molar-refractivity contribution in [2.24, 2.45) is 5.92 Å². The maximum atomic E-state index is 12.6. The summed E-state index contributed by atoms with van der Waals surface area (Å²) in [5.74, 6) is 0.651. The molecule has 0 radical (unpaired) electrons. The van der Waals surface area contributed by atoms with Crippen molar-refractivity contribution < 1.29 is 4.79 Å². The van der Waals surface area contributed by atoms with Gasteiger partial charge in [0.25, 0.3) is 0 Å². The molecule has 4 heteroatoms. The van der Waals surface area contributed by atoms with Crippen molar-refractivity contribution in [2.45, 2.75) is 65.2 Å². The van der Waals surface area contributed by atoms with Crippen LogP contribution >= 0.6 is 0 Å². The highest BCUT2D eigenvalue weighted by atomic mass is 16.2. The van der Waals surface area contributed by atoms with Crippen LogP contribution in [0.3, 0.4) is 0 Å². The van der Waals surface area contributed by atoms with E-state index in [4.69, 9.17) is 0 Å². The van der Waals surface area contributed by atoms with Crippen LogP contribution in [0.5, 0.6) is 0 Å². The molecule has 1 saturated heterocycles. The van der Waals surface area contributed by atoms with Crippen molar-refractivity contribution in [3.63, 3.8) is 0 Å². The van der Waals surface area contributed by atoms with Gasteiger partial charge in [-0.05, 0) is 46.3 Å². The average Bonchev–Trinajstić information content (AvgIpc) is 2.64. The van der Waals surface area contributed by atoms with E-state index in [-0.39, 0.29) is 12.2 Å². The third kappa shape index (κ3) is 4.18. The SMILES string of the molecule is CCCC1NC(C(C)C)C(=O)N1C(C)CCN(C)C. The Morgan fingerprint density at radius 1 is 1.32 bits per heavy atom. The number of nitrogens with zero attached hydrogens (tertiary/aromatic N) is 2. The molecule has 0 saturated carbocycles. The monoisotopic (exact) mass is 269 g/mol. The van der Waals surface area contributed by atoms with Gasteiger partial charge in [0.2, 0.25) is 5.91 Å². The molecule has 1 fully saturated rings. The van der Waals surface area contributed by atoms with Gasteiger partial charge in [0.05, 0.1) is 12.2 Å². The van der Waals surface area contributed by atoms with E-state index in [0.29, 0.717) is 17.9 Å². The summed E-state index contributed by atoms with van der Waals surface area (Å²) < 4.78 is 0. The molecule has 0 spiro atoms. The lowest BCUT2D eigenvalue weighted by atomic mass is 10.0. The van der Waals surface area contributed by atoms with Crippen LogP contribution in [-0.2, 0) is 4.79 Å². The minimum absolute atomic E-state index is 0.00152. The second kappa shape index (κ2) is 7.25. The molecule has 1 amide bonds. The van der Waals surface area contributed by atoms with Crippen molar-refractivity contribution in [1.29, 1.82) is 0 Å². The zero-order chi connectivity index (χ0) is 14.6. The molecular weight excluding hydrogens is 238 g/mol. The third-order valence-electron chi connectivity index (χ3n) is 3.93. The highest BCUT2D eigenvalue weighted by Gasteiger charge is 2.41. The fourth-order valence-corrected chi connectivity index (χ4v) is 2.76. The predicted octanol–water partition coefficient (Wildman–Crippen LogP) is 1.91.